The number of nitrogens with zero attached hydrogens (tertiary/aromatic N) is 5. The predicted molar refractivity (Wildman–Crippen MR) is 149 cm³/mol. The average Bonchev–Trinajstić information content (AvgIpc) is 3.21. The molecule has 35 heavy (non-hydrogen) atoms. The summed E-state index contributed by atoms with van der Waals surface area (Å²) in [6.07, 6.45) is 2.51. The zero-order valence-corrected chi connectivity index (χ0v) is 23.2. The molecule has 0 bridgehead atoms. The second kappa shape index (κ2) is 9.85. The lowest BCUT2D eigenvalue weighted by molar-refractivity contribution is 0.299. The topological polar surface area (TPSA) is 46.8 Å². The van der Waals surface area contributed by atoms with Crippen molar-refractivity contribution >= 4 is 51.0 Å². The maximum Gasteiger partial charge on any atom is 0.191 e. The Morgan fingerprint density at radius 1 is 1.09 bits per heavy atom. The lowest BCUT2D eigenvalue weighted by atomic mass is 9.95. The zero-order valence-electron chi connectivity index (χ0n) is 19.9. The number of halogens is 2. The molecule has 2 atom stereocenters. The van der Waals surface area contributed by atoms with Gasteiger partial charge in [0.25, 0.3) is 0 Å². The summed E-state index contributed by atoms with van der Waals surface area (Å²) < 4.78 is 3.28. The van der Waals surface area contributed by atoms with Gasteiger partial charge in [-0.05, 0) is 62.1 Å². The van der Waals surface area contributed by atoms with E-state index in [2.05, 4.69) is 96.2 Å². The molecule has 2 fully saturated rings. The van der Waals surface area contributed by atoms with E-state index in [0.29, 0.717) is 5.41 Å². The fourth-order valence-corrected chi connectivity index (χ4v) is 6.66. The van der Waals surface area contributed by atoms with Gasteiger partial charge in [-0.2, -0.15) is 0 Å². The fourth-order valence-electron chi connectivity index (χ4n) is 5.56. The summed E-state index contributed by atoms with van der Waals surface area (Å²) in [5.74, 6) is 2.78. The second-order valence-corrected chi connectivity index (χ2v) is 11.7. The molecule has 5 nitrogen and oxygen atoms in total. The van der Waals surface area contributed by atoms with Gasteiger partial charge in [-0.1, -0.05) is 58.0 Å². The summed E-state index contributed by atoms with van der Waals surface area (Å²) in [7, 11) is 2.06. The molecule has 1 saturated carbocycles. The quantitative estimate of drug-likeness (QED) is 0.193. The van der Waals surface area contributed by atoms with Crippen LogP contribution >= 0.6 is 40.1 Å². The number of benzene rings is 2. The number of thioether (sulfide) groups is 1. The number of rotatable bonds is 7. The average molecular weight is 571 g/mol. The lowest BCUT2D eigenvalue weighted by Crippen LogP contribution is -2.27. The summed E-state index contributed by atoms with van der Waals surface area (Å²) in [6, 6.07) is 19.4. The molecular weight excluding hydrogens is 542 g/mol. The first kappa shape index (κ1) is 24.8. The van der Waals surface area contributed by atoms with Crippen molar-refractivity contribution < 1.29 is 0 Å². The van der Waals surface area contributed by atoms with Crippen LogP contribution < -0.4 is 0 Å². The van der Waals surface area contributed by atoms with E-state index in [1.807, 2.05) is 13.0 Å². The Morgan fingerprint density at radius 3 is 2.74 bits per heavy atom. The molecular formula is C27H29BrClN5S. The van der Waals surface area contributed by atoms with Crippen molar-refractivity contribution in [2.75, 3.05) is 25.4 Å². The Bertz CT molecular complexity index is 1360. The van der Waals surface area contributed by atoms with Gasteiger partial charge in [0, 0.05) is 52.4 Å². The molecule has 1 aliphatic heterocycles. The lowest BCUT2D eigenvalue weighted by Gasteiger charge is -2.21. The van der Waals surface area contributed by atoms with Gasteiger partial charge in [-0.15, -0.1) is 22.6 Å². The van der Waals surface area contributed by atoms with Crippen LogP contribution in [0.3, 0.4) is 0 Å². The minimum Gasteiger partial charge on any atom is -0.305 e. The van der Waals surface area contributed by atoms with Crippen LogP contribution in [-0.2, 0) is 12.5 Å². The first-order valence-corrected chi connectivity index (χ1v) is 13.7. The second-order valence-electron chi connectivity index (χ2n) is 9.69. The molecule has 2 unspecified atom stereocenters. The first-order valence-electron chi connectivity index (χ1n) is 11.9. The number of pyridine rings is 1. The van der Waals surface area contributed by atoms with Gasteiger partial charge < -0.3 is 9.47 Å². The van der Waals surface area contributed by atoms with Gasteiger partial charge in [0.05, 0.1) is 5.52 Å². The van der Waals surface area contributed by atoms with Crippen LogP contribution in [0.15, 0.2) is 64.2 Å². The van der Waals surface area contributed by atoms with Crippen LogP contribution in [0.1, 0.15) is 24.1 Å². The number of hydrogen-bond donors (Lipinski definition) is 0. The van der Waals surface area contributed by atoms with Crippen LogP contribution in [0, 0.1) is 12.8 Å². The predicted octanol–water partition coefficient (Wildman–Crippen LogP) is 6.28. The number of aromatic nitrogens is 4. The number of aryl methyl sites for hydroxylation is 1. The molecule has 2 aromatic heterocycles. The van der Waals surface area contributed by atoms with Gasteiger partial charge in [-0.25, -0.2) is 0 Å². The SMILES string of the molecule is Cc1ccc2c(-c3nnc(SCCCN4CC5CC5(c5ccc(Br)cc5)C4)n3C)cccc2n1.Cl. The molecule has 8 heteroatoms. The number of fused-ring (bicyclic) bond motifs is 2. The van der Waals surface area contributed by atoms with E-state index in [9.17, 15) is 0 Å². The van der Waals surface area contributed by atoms with Crippen molar-refractivity contribution in [2.45, 2.75) is 30.3 Å². The van der Waals surface area contributed by atoms with Crippen molar-refractivity contribution in [3.63, 3.8) is 0 Å². The Hall–Kier alpha value is -1.93. The minimum absolute atomic E-state index is 0. The summed E-state index contributed by atoms with van der Waals surface area (Å²) in [4.78, 5) is 7.32. The van der Waals surface area contributed by atoms with Gasteiger partial charge in [-0.3, -0.25) is 4.98 Å². The van der Waals surface area contributed by atoms with Crippen molar-refractivity contribution in [1.29, 1.82) is 0 Å². The fraction of sp³-hybridized carbons (Fsp3) is 0.370. The zero-order chi connectivity index (χ0) is 23.3. The normalized spacial score (nSPS) is 21.2. The van der Waals surface area contributed by atoms with Crippen LogP contribution in [-0.4, -0.2) is 50.0 Å². The number of likely N-dealkylation sites (tertiary alicyclic amines) is 1. The summed E-state index contributed by atoms with van der Waals surface area (Å²) in [5.41, 5.74) is 5.04. The molecule has 3 heterocycles. The van der Waals surface area contributed by atoms with E-state index in [-0.39, 0.29) is 12.4 Å². The molecule has 1 aliphatic carbocycles. The van der Waals surface area contributed by atoms with Crippen molar-refractivity contribution in [3.05, 3.63) is 70.3 Å². The molecule has 0 spiro atoms. The number of piperidine rings is 1. The highest BCUT2D eigenvalue weighted by atomic mass is 79.9. The molecule has 0 amide bonds. The van der Waals surface area contributed by atoms with Crippen LogP contribution in [0.25, 0.3) is 22.3 Å². The van der Waals surface area contributed by atoms with E-state index in [4.69, 9.17) is 0 Å². The highest BCUT2D eigenvalue weighted by Crippen LogP contribution is 2.59. The smallest absolute Gasteiger partial charge is 0.191 e. The van der Waals surface area contributed by atoms with Crippen LogP contribution in [0.4, 0.5) is 0 Å². The van der Waals surface area contributed by atoms with Gasteiger partial charge >= 0.3 is 0 Å². The molecule has 1 saturated heterocycles. The van der Waals surface area contributed by atoms with Crippen molar-refractivity contribution in [2.24, 2.45) is 13.0 Å². The first-order chi connectivity index (χ1) is 16.5. The number of hydrogen-bond acceptors (Lipinski definition) is 5. The summed E-state index contributed by atoms with van der Waals surface area (Å²) in [6.45, 7) is 5.62. The van der Waals surface area contributed by atoms with E-state index in [1.165, 1.54) is 25.1 Å². The van der Waals surface area contributed by atoms with E-state index >= 15 is 0 Å². The summed E-state index contributed by atoms with van der Waals surface area (Å²) >= 11 is 5.37. The standard InChI is InChI=1S/C27H28BrN5S.ClH/c1-18-7-12-22-23(5-3-6-24(22)29-18)25-30-31-26(32(25)2)34-14-4-13-33-16-20-15-27(20,17-33)19-8-10-21(28)11-9-19;/h3,5-12,20H,4,13-17H2,1-2H3;1H. The van der Waals surface area contributed by atoms with Crippen molar-refractivity contribution in [3.8, 4) is 11.4 Å². The van der Waals surface area contributed by atoms with Crippen LogP contribution in [0.2, 0.25) is 0 Å². The van der Waals surface area contributed by atoms with E-state index in [0.717, 1.165) is 62.3 Å². The van der Waals surface area contributed by atoms with Crippen LogP contribution in [0.5, 0.6) is 0 Å². The third-order valence-electron chi connectivity index (χ3n) is 7.43. The largest absolute Gasteiger partial charge is 0.305 e. The Kier molecular flexibility index (Phi) is 6.96. The molecule has 4 aromatic rings. The van der Waals surface area contributed by atoms with Crippen molar-refractivity contribution in [1.82, 2.24) is 24.6 Å². The molecule has 2 aromatic carbocycles. The van der Waals surface area contributed by atoms with E-state index < -0.39 is 0 Å². The highest BCUT2D eigenvalue weighted by molar-refractivity contribution is 9.10. The summed E-state index contributed by atoms with van der Waals surface area (Å²) in [5, 5.41) is 11.1. The Labute approximate surface area is 225 Å². The Balaban J connectivity index is 0.00000253. The van der Waals surface area contributed by atoms with E-state index in [1.54, 1.807) is 11.8 Å². The minimum atomic E-state index is 0. The third kappa shape index (κ3) is 4.64. The molecule has 6 rings (SSSR count). The molecule has 0 N–H and O–H groups in total. The molecule has 182 valence electrons. The van der Waals surface area contributed by atoms with Gasteiger partial charge in [0.15, 0.2) is 11.0 Å². The maximum atomic E-state index is 4.66. The molecule has 2 aliphatic rings. The molecule has 0 radical (unpaired) electrons. The maximum absolute atomic E-state index is 4.66. The van der Waals surface area contributed by atoms with Gasteiger partial charge in [0.2, 0.25) is 0 Å². The highest BCUT2D eigenvalue weighted by Gasteiger charge is 2.60. The monoisotopic (exact) mass is 569 g/mol. The Morgan fingerprint density at radius 2 is 1.91 bits per heavy atom. The third-order valence-corrected chi connectivity index (χ3v) is 9.07. The van der Waals surface area contributed by atoms with Gasteiger partial charge in [0.1, 0.15) is 0 Å².